The van der Waals surface area contributed by atoms with E-state index < -0.39 is 38.3 Å². The third-order valence-electron chi connectivity index (χ3n) is 5.62. The van der Waals surface area contributed by atoms with Crippen LogP contribution in [0.1, 0.15) is 24.1 Å². The van der Waals surface area contributed by atoms with Crippen molar-refractivity contribution in [3.8, 4) is 0 Å². The number of hydrogen-bond acceptors (Lipinski definition) is 5. The lowest BCUT2D eigenvalue weighted by Crippen LogP contribution is -2.28. The molecule has 4 rings (SSSR count). The Morgan fingerprint density at radius 2 is 1.62 bits per heavy atom. The SMILES string of the molecule is Cc1c(CC(=O)O)c2cc(F)ccc2n1S(=O)(=O)c1cccc(S(=O)(=O)N2CCCC2)c1. The predicted octanol–water partition coefficient (Wildman–Crippen LogP) is 2.74. The standard InChI is InChI=1S/C21H21FN2O6S2/c1-14-18(13-21(25)26)19-11-15(22)7-8-20(19)24(14)32(29,30)17-6-4-5-16(12-17)31(27,28)23-9-2-3-10-23/h4-8,11-12H,2-3,9-10,13H2,1H3,(H,25,26). The number of rotatable bonds is 6. The quantitative estimate of drug-likeness (QED) is 0.580. The first-order valence-electron chi connectivity index (χ1n) is 9.90. The molecule has 0 unspecified atom stereocenters. The van der Waals surface area contributed by atoms with Crippen LogP contribution in [0, 0.1) is 12.7 Å². The zero-order valence-corrected chi connectivity index (χ0v) is 18.8. The molecule has 1 N–H and O–H groups in total. The lowest BCUT2D eigenvalue weighted by Gasteiger charge is -2.16. The fraction of sp³-hybridized carbons (Fsp3) is 0.286. The van der Waals surface area contributed by atoms with Gasteiger partial charge in [-0.15, -0.1) is 0 Å². The van der Waals surface area contributed by atoms with Crippen LogP contribution < -0.4 is 0 Å². The molecule has 0 saturated carbocycles. The number of hydrogen-bond donors (Lipinski definition) is 1. The summed E-state index contributed by atoms with van der Waals surface area (Å²) in [6.07, 6.45) is 1.00. The maximum absolute atomic E-state index is 13.9. The van der Waals surface area contributed by atoms with Gasteiger partial charge in [-0.25, -0.2) is 25.2 Å². The van der Waals surface area contributed by atoms with E-state index in [0.717, 1.165) is 35.0 Å². The van der Waals surface area contributed by atoms with Gasteiger partial charge in [-0.05, 0) is 61.7 Å². The van der Waals surface area contributed by atoms with Crippen LogP contribution in [0.25, 0.3) is 10.9 Å². The van der Waals surface area contributed by atoms with Gasteiger partial charge < -0.3 is 5.11 Å². The molecule has 1 aliphatic heterocycles. The fourth-order valence-electron chi connectivity index (χ4n) is 4.09. The van der Waals surface area contributed by atoms with Crippen molar-refractivity contribution in [2.75, 3.05) is 13.1 Å². The van der Waals surface area contributed by atoms with Gasteiger partial charge in [0.25, 0.3) is 10.0 Å². The number of benzene rings is 2. The maximum Gasteiger partial charge on any atom is 0.307 e. The Morgan fingerprint density at radius 1 is 1.00 bits per heavy atom. The third kappa shape index (κ3) is 3.70. The summed E-state index contributed by atoms with van der Waals surface area (Å²) in [5.41, 5.74) is 0.421. The van der Waals surface area contributed by atoms with Crippen molar-refractivity contribution in [3.63, 3.8) is 0 Å². The van der Waals surface area contributed by atoms with E-state index in [2.05, 4.69) is 0 Å². The zero-order valence-electron chi connectivity index (χ0n) is 17.2. The van der Waals surface area contributed by atoms with Crippen LogP contribution in [0.4, 0.5) is 4.39 Å². The molecule has 1 aromatic heterocycles. The second-order valence-electron chi connectivity index (χ2n) is 7.65. The summed E-state index contributed by atoms with van der Waals surface area (Å²) in [7, 11) is -8.15. The number of carboxylic acids is 1. The minimum Gasteiger partial charge on any atom is -0.481 e. The molecule has 0 bridgehead atoms. The van der Waals surface area contributed by atoms with E-state index >= 15 is 0 Å². The van der Waals surface area contributed by atoms with E-state index in [0.29, 0.717) is 13.1 Å². The summed E-state index contributed by atoms with van der Waals surface area (Å²) >= 11 is 0. The molecule has 0 spiro atoms. The maximum atomic E-state index is 13.9. The summed E-state index contributed by atoms with van der Waals surface area (Å²) < 4.78 is 69.1. The van der Waals surface area contributed by atoms with Crippen LogP contribution in [0.15, 0.2) is 52.3 Å². The lowest BCUT2D eigenvalue weighted by molar-refractivity contribution is -0.136. The van der Waals surface area contributed by atoms with Crippen molar-refractivity contribution in [2.45, 2.75) is 36.0 Å². The van der Waals surface area contributed by atoms with Gasteiger partial charge in [0.05, 0.1) is 21.7 Å². The largest absolute Gasteiger partial charge is 0.481 e. The van der Waals surface area contributed by atoms with E-state index in [-0.39, 0.29) is 32.0 Å². The Balaban J connectivity index is 1.90. The number of carbonyl (C=O) groups is 1. The van der Waals surface area contributed by atoms with Gasteiger partial charge in [0.15, 0.2) is 0 Å². The van der Waals surface area contributed by atoms with Crippen LogP contribution in [-0.2, 0) is 31.3 Å². The topological polar surface area (TPSA) is 114 Å². The summed E-state index contributed by atoms with van der Waals surface area (Å²) in [6, 6.07) is 8.55. The molecular weight excluding hydrogens is 459 g/mol. The molecule has 1 saturated heterocycles. The molecule has 2 heterocycles. The Labute approximate surface area is 185 Å². The van der Waals surface area contributed by atoms with Crippen LogP contribution in [0.2, 0.25) is 0 Å². The van der Waals surface area contributed by atoms with Crippen molar-refractivity contribution in [3.05, 3.63) is 59.5 Å². The van der Waals surface area contributed by atoms with Crippen LogP contribution in [0.3, 0.4) is 0 Å². The molecular formula is C21H21FN2O6S2. The number of carboxylic acid groups (broad SMARTS) is 1. The van der Waals surface area contributed by atoms with Crippen molar-refractivity contribution < 1.29 is 31.1 Å². The summed E-state index contributed by atoms with van der Waals surface area (Å²) in [5.74, 6) is -1.81. The van der Waals surface area contributed by atoms with Crippen LogP contribution in [-0.4, -0.2) is 49.3 Å². The summed E-state index contributed by atoms with van der Waals surface area (Å²) in [4.78, 5) is 10.9. The van der Waals surface area contributed by atoms with Crippen molar-refractivity contribution >= 4 is 36.9 Å². The monoisotopic (exact) mass is 480 g/mol. The Bertz CT molecular complexity index is 1440. The Hall–Kier alpha value is -2.76. The highest BCUT2D eigenvalue weighted by Gasteiger charge is 2.30. The molecule has 8 nitrogen and oxygen atoms in total. The minimum atomic E-state index is -4.31. The van der Waals surface area contributed by atoms with Crippen LogP contribution in [0.5, 0.6) is 0 Å². The molecule has 3 aromatic rings. The normalized spacial score (nSPS) is 15.4. The highest BCUT2D eigenvalue weighted by molar-refractivity contribution is 7.90. The molecule has 170 valence electrons. The van der Waals surface area contributed by atoms with E-state index in [4.69, 9.17) is 0 Å². The first-order valence-corrected chi connectivity index (χ1v) is 12.8. The molecule has 1 fully saturated rings. The molecule has 1 aliphatic rings. The van der Waals surface area contributed by atoms with Gasteiger partial charge in [0.2, 0.25) is 10.0 Å². The second-order valence-corrected chi connectivity index (χ2v) is 11.4. The first kappa shape index (κ1) is 22.4. The second kappa shape index (κ2) is 7.98. The van der Waals surface area contributed by atoms with E-state index in [9.17, 15) is 31.1 Å². The lowest BCUT2D eigenvalue weighted by atomic mass is 10.1. The van der Waals surface area contributed by atoms with Gasteiger partial charge in [-0.1, -0.05) is 6.07 Å². The van der Waals surface area contributed by atoms with Crippen LogP contribution >= 0.6 is 0 Å². The summed E-state index contributed by atoms with van der Waals surface area (Å²) in [5, 5.41) is 9.43. The number of aliphatic carboxylic acids is 1. The summed E-state index contributed by atoms with van der Waals surface area (Å²) in [6.45, 7) is 2.20. The van der Waals surface area contributed by atoms with Gasteiger partial charge >= 0.3 is 5.97 Å². The average molecular weight is 481 g/mol. The number of fused-ring (bicyclic) bond motifs is 1. The van der Waals surface area contributed by atoms with Gasteiger partial charge in [-0.3, -0.25) is 4.79 Å². The zero-order chi connectivity index (χ0) is 23.3. The van der Waals surface area contributed by atoms with Crippen molar-refractivity contribution in [1.29, 1.82) is 0 Å². The van der Waals surface area contributed by atoms with E-state index in [1.807, 2.05) is 0 Å². The highest BCUT2D eigenvalue weighted by atomic mass is 32.2. The Kier molecular flexibility index (Phi) is 5.60. The van der Waals surface area contributed by atoms with Crippen molar-refractivity contribution in [2.24, 2.45) is 0 Å². The van der Waals surface area contributed by atoms with Gasteiger partial charge in [0, 0.05) is 24.2 Å². The smallest absolute Gasteiger partial charge is 0.307 e. The molecule has 0 radical (unpaired) electrons. The molecule has 0 amide bonds. The van der Waals surface area contributed by atoms with E-state index in [1.54, 1.807) is 0 Å². The molecule has 11 heteroatoms. The third-order valence-corrected chi connectivity index (χ3v) is 9.31. The Morgan fingerprint density at radius 3 is 2.25 bits per heavy atom. The fourth-order valence-corrected chi connectivity index (χ4v) is 7.35. The van der Waals surface area contributed by atoms with E-state index in [1.165, 1.54) is 35.5 Å². The molecule has 32 heavy (non-hydrogen) atoms. The van der Waals surface area contributed by atoms with Gasteiger partial charge in [0.1, 0.15) is 5.82 Å². The minimum absolute atomic E-state index is 0.118. The number of nitrogens with zero attached hydrogens (tertiary/aromatic N) is 2. The molecule has 2 aromatic carbocycles. The highest BCUT2D eigenvalue weighted by Crippen LogP contribution is 2.32. The first-order chi connectivity index (χ1) is 15.0. The van der Waals surface area contributed by atoms with Crippen molar-refractivity contribution in [1.82, 2.24) is 8.28 Å². The predicted molar refractivity (Wildman–Crippen MR) is 115 cm³/mol. The molecule has 0 atom stereocenters. The molecule has 0 aliphatic carbocycles. The number of aromatic nitrogens is 1. The van der Waals surface area contributed by atoms with Gasteiger partial charge in [-0.2, -0.15) is 4.31 Å². The number of sulfonamides is 1. The number of halogens is 1. The average Bonchev–Trinajstić information content (AvgIpc) is 3.36.